The number of aromatic nitrogens is 1. The number of carboxylic acids is 1. The van der Waals surface area contributed by atoms with Crippen molar-refractivity contribution in [3.63, 3.8) is 0 Å². The number of nitrogens with zero attached hydrogens (tertiary/aromatic N) is 3. The first-order valence-corrected chi connectivity index (χ1v) is 9.54. The molecule has 0 aromatic carbocycles. The first-order valence-electron chi connectivity index (χ1n) is 8.66. The van der Waals surface area contributed by atoms with Crippen molar-refractivity contribution in [2.75, 3.05) is 26.7 Å². The Bertz CT molecular complexity index is 492. The minimum Gasteiger partial charge on any atom is -0.480 e. The normalized spacial score (nSPS) is 19.9. The van der Waals surface area contributed by atoms with Crippen molar-refractivity contribution < 1.29 is 9.90 Å². The molecule has 1 N–H and O–H groups in total. The molecule has 0 aliphatic carbocycles. The zero-order chi connectivity index (χ0) is 16.7. The standard InChI is InChI=1S/C17H29N3O2S/c1-3-4-7-16-18-14(13-23-16)11-20-9-5-6-15(8-10-20)19(2)12-17(21)22/h13,15H,3-12H2,1-2H3,(H,21,22). The Labute approximate surface area is 143 Å². The van der Waals surface area contributed by atoms with Crippen LogP contribution in [0.2, 0.25) is 0 Å². The molecule has 0 amide bonds. The third-order valence-electron chi connectivity index (χ3n) is 4.53. The van der Waals surface area contributed by atoms with Crippen LogP contribution in [0.4, 0.5) is 0 Å². The van der Waals surface area contributed by atoms with E-state index in [1.165, 1.54) is 23.5 Å². The Morgan fingerprint density at radius 2 is 2.30 bits per heavy atom. The third-order valence-corrected chi connectivity index (χ3v) is 5.48. The fraction of sp³-hybridized carbons (Fsp3) is 0.765. The molecule has 1 fully saturated rings. The van der Waals surface area contributed by atoms with E-state index in [2.05, 4.69) is 17.2 Å². The number of aryl methyl sites for hydroxylation is 1. The summed E-state index contributed by atoms with van der Waals surface area (Å²) in [6.45, 7) is 5.38. The summed E-state index contributed by atoms with van der Waals surface area (Å²) in [4.78, 5) is 20.1. The van der Waals surface area contributed by atoms with E-state index >= 15 is 0 Å². The van der Waals surface area contributed by atoms with E-state index in [9.17, 15) is 4.79 Å². The van der Waals surface area contributed by atoms with Gasteiger partial charge in [-0.25, -0.2) is 4.98 Å². The number of hydrogen-bond donors (Lipinski definition) is 1. The number of hydrogen-bond acceptors (Lipinski definition) is 5. The van der Waals surface area contributed by atoms with Crippen LogP contribution in [0.5, 0.6) is 0 Å². The van der Waals surface area contributed by atoms with Gasteiger partial charge in [0.1, 0.15) is 0 Å². The van der Waals surface area contributed by atoms with Gasteiger partial charge in [0.2, 0.25) is 0 Å². The molecule has 1 aliphatic rings. The van der Waals surface area contributed by atoms with Gasteiger partial charge in [-0.05, 0) is 45.7 Å². The molecule has 1 atom stereocenters. The third kappa shape index (κ3) is 6.20. The van der Waals surface area contributed by atoms with Gasteiger partial charge in [-0.15, -0.1) is 11.3 Å². The first kappa shape index (κ1) is 18.4. The number of carboxylic acid groups (broad SMARTS) is 1. The lowest BCUT2D eigenvalue weighted by atomic mass is 10.1. The summed E-state index contributed by atoms with van der Waals surface area (Å²) in [5.41, 5.74) is 1.19. The van der Waals surface area contributed by atoms with Gasteiger partial charge in [0, 0.05) is 24.5 Å². The smallest absolute Gasteiger partial charge is 0.317 e. The molecule has 1 aromatic rings. The molecule has 130 valence electrons. The van der Waals surface area contributed by atoms with Gasteiger partial charge in [0.05, 0.1) is 17.2 Å². The van der Waals surface area contributed by atoms with E-state index in [0.29, 0.717) is 6.04 Å². The fourth-order valence-electron chi connectivity index (χ4n) is 3.17. The number of thiazole rings is 1. The Hall–Kier alpha value is -0.980. The fourth-order valence-corrected chi connectivity index (χ4v) is 4.00. The van der Waals surface area contributed by atoms with Crippen molar-refractivity contribution in [2.45, 2.75) is 58.0 Å². The van der Waals surface area contributed by atoms with E-state index in [4.69, 9.17) is 10.1 Å². The van der Waals surface area contributed by atoms with Crippen molar-refractivity contribution in [1.29, 1.82) is 0 Å². The van der Waals surface area contributed by atoms with Crippen molar-refractivity contribution in [3.8, 4) is 0 Å². The average molecular weight is 340 g/mol. The number of carbonyl (C=O) groups is 1. The second-order valence-electron chi connectivity index (χ2n) is 6.51. The van der Waals surface area contributed by atoms with Gasteiger partial charge < -0.3 is 5.11 Å². The Morgan fingerprint density at radius 3 is 3.04 bits per heavy atom. The van der Waals surface area contributed by atoms with Crippen LogP contribution < -0.4 is 0 Å². The lowest BCUT2D eigenvalue weighted by Crippen LogP contribution is -2.36. The summed E-state index contributed by atoms with van der Waals surface area (Å²) >= 11 is 1.78. The molecule has 1 saturated heterocycles. The second-order valence-corrected chi connectivity index (χ2v) is 7.45. The molecular formula is C17H29N3O2S. The molecule has 0 spiro atoms. The summed E-state index contributed by atoms with van der Waals surface area (Å²) in [7, 11) is 1.93. The van der Waals surface area contributed by atoms with E-state index in [0.717, 1.165) is 45.3 Å². The van der Waals surface area contributed by atoms with Crippen LogP contribution in [0.1, 0.15) is 49.7 Å². The van der Waals surface area contributed by atoms with Crippen LogP contribution in [-0.4, -0.2) is 58.6 Å². The second kappa shape index (κ2) is 9.35. The van der Waals surface area contributed by atoms with Crippen molar-refractivity contribution in [2.24, 2.45) is 0 Å². The van der Waals surface area contributed by atoms with Gasteiger partial charge in [0.15, 0.2) is 0 Å². The van der Waals surface area contributed by atoms with Gasteiger partial charge in [-0.2, -0.15) is 0 Å². The molecule has 0 saturated carbocycles. The van der Waals surface area contributed by atoms with Crippen LogP contribution in [-0.2, 0) is 17.8 Å². The molecule has 6 heteroatoms. The number of unbranched alkanes of at least 4 members (excludes halogenated alkanes) is 1. The van der Waals surface area contributed by atoms with E-state index in [1.54, 1.807) is 11.3 Å². The molecule has 23 heavy (non-hydrogen) atoms. The van der Waals surface area contributed by atoms with Gasteiger partial charge >= 0.3 is 5.97 Å². The molecule has 5 nitrogen and oxygen atoms in total. The minimum absolute atomic E-state index is 0.136. The Morgan fingerprint density at radius 1 is 1.48 bits per heavy atom. The highest BCUT2D eigenvalue weighted by Crippen LogP contribution is 2.19. The van der Waals surface area contributed by atoms with Crippen molar-refractivity contribution >= 4 is 17.3 Å². The zero-order valence-corrected chi connectivity index (χ0v) is 15.1. The van der Waals surface area contributed by atoms with E-state index in [-0.39, 0.29) is 6.54 Å². The first-order chi connectivity index (χ1) is 11.1. The summed E-state index contributed by atoms with van der Waals surface area (Å²) in [6.07, 6.45) is 6.78. The van der Waals surface area contributed by atoms with E-state index < -0.39 is 5.97 Å². The number of rotatable bonds is 8. The molecule has 0 bridgehead atoms. The summed E-state index contributed by atoms with van der Waals surface area (Å²) < 4.78 is 0. The van der Waals surface area contributed by atoms with Crippen LogP contribution in [0.15, 0.2) is 5.38 Å². The Kier molecular flexibility index (Phi) is 7.46. The molecule has 2 heterocycles. The molecule has 1 aliphatic heterocycles. The highest BCUT2D eigenvalue weighted by molar-refractivity contribution is 7.09. The van der Waals surface area contributed by atoms with Crippen LogP contribution in [0, 0.1) is 0 Å². The number of likely N-dealkylation sites (tertiary alicyclic amines) is 1. The highest BCUT2D eigenvalue weighted by Gasteiger charge is 2.22. The largest absolute Gasteiger partial charge is 0.480 e. The molecule has 2 rings (SSSR count). The van der Waals surface area contributed by atoms with Gasteiger partial charge in [-0.1, -0.05) is 13.3 Å². The SMILES string of the molecule is CCCCc1nc(CN2CCCC(N(C)CC(=O)O)CC2)cs1. The monoisotopic (exact) mass is 339 g/mol. The number of aliphatic carboxylic acids is 1. The topological polar surface area (TPSA) is 56.7 Å². The Balaban J connectivity index is 1.81. The van der Waals surface area contributed by atoms with Crippen LogP contribution in [0.3, 0.4) is 0 Å². The minimum atomic E-state index is -0.740. The van der Waals surface area contributed by atoms with Crippen molar-refractivity contribution in [1.82, 2.24) is 14.8 Å². The van der Waals surface area contributed by atoms with Crippen molar-refractivity contribution in [3.05, 3.63) is 16.1 Å². The highest BCUT2D eigenvalue weighted by atomic mass is 32.1. The van der Waals surface area contributed by atoms with Crippen LogP contribution in [0.25, 0.3) is 0 Å². The average Bonchev–Trinajstić information content (AvgIpc) is 2.80. The van der Waals surface area contributed by atoms with Gasteiger partial charge in [-0.3, -0.25) is 14.6 Å². The summed E-state index contributed by atoms with van der Waals surface area (Å²) in [6, 6.07) is 0.381. The summed E-state index contributed by atoms with van der Waals surface area (Å²) in [5, 5.41) is 12.4. The number of likely N-dealkylation sites (N-methyl/N-ethyl adjacent to an activating group) is 1. The molecule has 0 radical (unpaired) electrons. The van der Waals surface area contributed by atoms with E-state index in [1.807, 2.05) is 11.9 Å². The predicted octanol–water partition coefficient (Wildman–Crippen LogP) is 2.86. The maximum absolute atomic E-state index is 10.9. The lowest BCUT2D eigenvalue weighted by molar-refractivity contribution is -0.138. The molecular weight excluding hydrogens is 310 g/mol. The lowest BCUT2D eigenvalue weighted by Gasteiger charge is -2.25. The van der Waals surface area contributed by atoms with Crippen LogP contribution >= 0.6 is 11.3 Å². The zero-order valence-electron chi connectivity index (χ0n) is 14.3. The summed E-state index contributed by atoms with van der Waals surface area (Å²) in [5.74, 6) is -0.740. The predicted molar refractivity (Wildman–Crippen MR) is 93.9 cm³/mol. The molecule has 1 aromatic heterocycles. The maximum Gasteiger partial charge on any atom is 0.317 e. The quantitative estimate of drug-likeness (QED) is 0.789. The maximum atomic E-state index is 10.9. The van der Waals surface area contributed by atoms with Gasteiger partial charge in [0.25, 0.3) is 0 Å². The molecule has 1 unspecified atom stereocenters.